The van der Waals surface area contributed by atoms with Gasteiger partial charge in [0.1, 0.15) is 6.54 Å². The summed E-state index contributed by atoms with van der Waals surface area (Å²) in [5, 5.41) is 22.0. The van der Waals surface area contributed by atoms with Crippen LogP contribution in [0.2, 0.25) is 0 Å². The smallest absolute Gasteiger partial charge is 0.322 e. The Labute approximate surface area is 121 Å². The van der Waals surface area contributed by atoms with Gasteiger partial charge >= 0.3 is 5.97 Å². The van der Waals surface area contributed by atoms with Gasteiger partial charge in [-0.1, -0.05) is 0 Å². The maximum atomic E-state index is 10.3. The van der Waals surface area contributed by atoms with Gasteiger partial charge in [0.05, 0.1) is 11.4 Å². The summed E-state index contributed by atoms with van der Waals surface area (Å²) in [7, 11) is 1.68. The molecule has 0 aliphatic rings. The molecule has 0 bridgehead atoms. The van der Waals surface area contributed by atoms with Crippen molar-refractivity contribution in [2.75, 3.05) is 13.6 Å². The van der Waals surface area contributed by atoms with E-state index >= 15 is 0 Å². The molecule has 106 valence electrons. The largest absolute Gasteiger partial charge is 0.480 e. The molecule has 0 heterocycles. The molecule has 0 saturated carbocycles. The monoisotopic (exact) mass is 304 g/mol. The van der Waals surface area contributed by atoms with E-state index in [9.17, 15) is 4.79 Å². The van der Waals surface area contributed by atoms with Gasteiger partial charge < -0.3 is 15.7 Å². The Hall–Kier alpha value is -1.81. The number of hydrazone groups is 2. The Morgan fingerprint density at radius 1 is 1.11 bits per heavy atom. The van der Waals surface area contributed by atoms with Gasteiger partial charge in [0.25, 0.3) is 0 Å². The van der Waals surface area contributed by atoms with E-state index in [1.54, 1.807) is 20.9 Å². The summed E-state index contributed by atoms with van der Waals surface area (Å²) >= 11 is 9.68. The molecular formula is C9H16N6O2S2. The molecule has 5 N–H and O–H groups in total. The van der Waals surface area contributed by atoms with E-state index in [1.165, 1.54) is 0 Å². The fourth-order valence-corrected chi connectivity index (χ4v) is 0.846. The molecular weight excluding hydrogens is 288 g/mol. The Bertz CT molecular complexity index is 421. The van der Waals surface area contributed by atoms with Crippen LogP contribution >= 0.6 is 24.4 Å². The van der Waals surface area contributed by atoms with Crippen LogP contribution in [0.4, 0.5) is 0 Å². The molecule has 10 heteroatoms. The van der Waals surface area contributed by atoms with Crippen molar-refractivity contribution >= 4 is 52.1 Å². The average Bonchev–Trinajstić information content (AvgIpc) is 2.38. The van der Waals surface area contributed by atoms with E-state index in [2.05, 4.69) is 31.7 Å². The van der Waals surface area contributed by atoms with Gasteiger partial charge in [-0.15, -0.1) is 0 Å². The molecule has 0 aromatic rings. The molecule has 19 heavy (non-hydrogen) atoms. The Kier molecular flexibility index (Phi) is 8.29. The Balaban J connectivity index is 4.28. The molecule has 0 unspecified atom stereocenters. The van der Waals surface area contributed by atoms with E-state index in [-0.39, 0.29) is 11.7 Å². The molecule has 0 aromatic heterocycles. The maximum Gasteiger partial charge on any atom is 0.322 e. The van der Waals surface area contributed by atoms with Gasteiger partial charge in [-0.2, -0.15) is 10.2 Å². The van der Waals surface area contributed by atoms with Crippen LogP contribution < -0.4 is 21.5 Å². The van der Waals surface area contributed by atoms with Crippen LogP contribution in [0, 0.1) is 0 Å². The lowest BCUT2D eigenvalue weighted by Gasteiger charge is -2.06. The highest BCUT2D eigenvalue weighted by Crippen LogP contribution is 1.82. The molecule has 0 amide bonds. The highest BCUT2D eigenvalue weighted by Gasteiger charge is 2.00. The van der Waals surface area contributed by atoms with Crippen LogP contribution in [-0.4, -0.2) is 46.3 Å². The molecule has 0 aliphatic carbocycles. The molecule has 0 rings (SSSR count). The predicted molar refractivity (Wildman–Crippen MR) is 82.4 cm³/mol. The number of thiocarbonyl (C=S) groups is 2. The van der Waals surface area contributed by atoms with E-state index < -0.39 is 5.97 Å². The number of aliphatic carboxylic acids is 1. The number of carboxylic acids is 1. The van der Waals surface area contributed by atoms with Crippen molar-refractivity contribution in [3.05, 3.63) is 0 Å². The first-order chi connectivity index (χ1) is 8.86. The highest BCUT2D eigenvalue weighted by atomic mass is 32.1. The van der Waals surface area contributed by atoms with Gasteiger partial charge in [0.2, 0.25) is 0 Å². The SMILES string of the molecule is CNC(=S)N/N=C(C)/C(C)=N\NC(=S)NCC(=O)O. The van der Waals surface area contributed by atoms with Crippen LogP contribution in [0.25, 0.3) is 0 Å². The predicted octanol–water partition coefficient (Wildman–Crippen LogP) is -0.619. The maximum absolute atomic E-state index is 10.3. The molecule has 0 saturated heterocycles. The molecule has 0 radical (unpaired) electrons. The zero-order valence-corrected chi connectivity index (χ0v) is 12.4. The molecule has 0 aliphatic heterocycles. The standard InChI is InChI=1S/C9H16N6O2S2/c1-5(12-14-8(18)10-3)6(2)13-15-9(19)11-4-7(16)17/h4H2,1-3H3,(H,16,17)(H2,10,14,18)(H2,11,15,19)/b12-5+,13-6-. The quantitative estimate of drug-likeness (QED) is 0.260. The second-order valence-electron chi connectivity index (χ2n) is 3.27. The summed E-state index contributed by atoms with van der Waals surface area (Å²) in [5.74, 6) is -1.01. The number of rotatable bonds is 5. The zero-order valence-electron chi connectivity index (χ0n) is 10.8. The van der Waals surface area contributed by atoms with Crippen molar-refractivity contribution < 1.29 is 9.90 Å². The van der Waals surface area contributed by atoms with Crippen LogP contribution in [0.15, 0.2) is 10.2 Å². The van der Waals surface area contributed by atoms with Gasteiger partial charge in [-0.05, 0) is 38.3 Å². The lowest BCUT2D eigenvalue weighted by molar-refractivity contribution is -0.135. The van der Waals surface area contributed by atoms with Crippen LogP contribution in [0.5, 0.6) is 0 Å². The number of nitrogens with zero attached hydrogens (tertiary/aromatic N) is 2. The van der Waals surface area contributed by atoms with Gasteiger partial charge in [0.15, 0.2) is 10.2 Å². The minimum absolute atomic E-state index is 0.119. The average molecular weight is 304 g/mol. The molecule has 0 aromatic carbocycles. The number of carboxylic acid groups (broad SMARTS) is 1. The number of hydrogen-bond donors (Lipinski definition) is 5. The van der Waals surface area contributed by atoms with Crippen molar-refractivity contribution in [2.24, 2.45) is 10.2 Å². The number of hydrogen-bond acceptors (Lipinski definition) is 5. The van der Waals surface area contributed by atoms with Crippen molar-refractivity contribution in [1.29, 1.82) is 0 Å². The highest BCUT2D eigenvalue weighted by molar-refractivity contribution is 7.80. The first-order valence-corrected chi connectivity index (χ1v) is 6.00. The second-order valence-corrected chi connectivity index (χ2v) is 4.09. The third-order valence-corrected chi connectivity index (χ3v) is 2.33. The summed E-state index contributed by atoms with van der Waals surface area (Å²) in [4.78, 5) is 10.3. The molecule has 8 nitrogen and oxygen atoms in total. The van der Waals surface area contributed by atoms with Crippen LogP contribution in [0.3, 0.4) is 0 Å². The lowest BCUT2D eigenvalue weighted by Crippen LogP contribution is -2.36. The fraction of sp³-hybridized carbons (Fsp3) is 0.444. The van der Waals surface area contributed by atoms with E-state index in [4.69, 9.17) is 29.5 Å². The van der Waals surface area contributed by atoms with Crippen molar-refractivity contribution in [3.8, 4) is 0 Å². The Morgan fingerprint density at radius 2 is 1.58 bits per heavy atom. The number of nitrogens with one attached hydrogen (secondary N) is 4. The normalized spacial score (nSPS) is 11.5. The molecule has 0 fully saturated rings. The number of carbonyl (C=O) groups is 1. The molecule has 0 spiro atoms. The van der Waals surface area contributed by atoms with Crippen LogP contribution in [-0.2, 0) is 4.79 Å². The molecule has 0 atom stereocenters. The van der Waals surface area contributed by atoms with Gasteiger partial charge in [0, 0.05) is 7.05 Å². The van der Waals surface area contributed by atoms with Crippen molar-refractivity contribution in [3.63, 3.8) is 0 Å². The summed E-state index contributed by atoms with van der Waals surface area (Å²) in [5.41, 5.74) is 6.30. The summed E-state index contributed by atoms with van der Waals surface area (Å²) in [6.07, 6.45) is 0. The second kappa shape index (κ2) is 9.16. The zero-order chi connectivity index (χ0) is 14.8. The third-order valence-electron chi connectivity index (χ3n) is 1.80. The van der Waals surface area contributed by atoms with E-state index in [1.807, 2.05) is 0 Å². The van der Waals surface area contributed by atoms with Crippen LogP contribution in [0.1, 0.15) is 13.8 Å². The summed E-state index contributed by atoms with van der Waals surface area (Å²) in [6, 6.07) is 0. The van der Waals surface area contributed by atoms with Crippen molar-refractivity contribution in [1.82, 2.24) is 21.5 Å². The van der Waals surface area contributed by atoms with Gasteiger partial charge in [-0.25, -0.2) is 0 Å². The summed E-state index contributed by atoms with van der Waals surface area (Å²) in [6.45, 7) is 3.18. The first kappa shape index (κ1) is 17.2. The lowest BCUT2D eigenvalue weighted by atomic mass is 10.3. The topological polar surface area (TPSA) is 110 Å². The Morgan fingerprint density at radius 3 is 2.00 bits per heavy atom. The van der Waals surface area contributed by atoms with E-state index in [0.29, 0.717) is 16.5 Å². The van der Waals surface area contributed by atoms with Gasteiger partial charge in [-0.3, -0.25) is 15.6 Å². The first-order valence-electron chi connectivity index (χ1n) is 5.19. The summed E-state index contributed by atoms with van der Waals surface area (Å²) < 4.78 is 0. The van der Waals surface area contributed by atoms with Crippen molar-refractivity contribution in [2.45, 2.75) is 13.8 Å². The minimum Gasteiger partial charge on any atom is -0.480 e. The third kappa shape index (κ3) is 8.85. The fourth-order valence-electron chi connectivity index (χ4n) is 0.682. The van der Waals surface area contributed by atoms with E-state index in [0.717, 1.165) is 0 Å². The minimum atomic E-state index is -1.01.